The van der Waals surface area contributed by atoms with E-state index in [0.717, 1.165) is 45.7 Å². The van der Waals surface area contributed by atoms with Crippen LogP contribution in [0.4, 0.5) is 0 Å². The van der Waals surface area contributed by atoms with Crippen molar-refractivity contribution in [3.8, 4) is 0 Å². The highest BCUT2D eigenvalue weighted by atomic mass is 16.5. The average molecular weight is 239 g/mol. The van der Waals surface area contributed by atoms with Gasteiger partial charge in [-0.1, -0.05) is 0 Å². The Morgan fingerprint density at radius 2 is 2.53 bits per heavy atom. The SMILES string of the molecule is COCCCCn1cncc1C1CNCCO1. The molecule has 1 aliphatic rings. The number of methoxy groups -OCH3 is 1. The molecule has 0 aromatic carbocycles. The summed E-state index contributed by atoms with van der Waals surface area (Å²) in [6.45, 7) is 4.41. The number of rotatable bonds is 6. The molecular weight excluding hydrogens is 218 g/mol. The summed E-state index contributed by atoms with van der Waals surface area (Å²) in [5.41, 5.74) is 1.18. The van der Waals surface area contributed by atoms with Crippen LogP contribution in [0.2, 0.25) is 0 Å². The summed E-state index contributed by atoms with van der Waals surface area (Å²) in [5, 5.41) is 3.34. The minimum absolute atomic E-state index is 0.147. The smallest absolute Gasteiger partial charge is 0.111 e. The number of morpholine rings is 1. The summed E-state index contributed by atoms with van der Waals surface area (Å²) in [7, 11) is 1.74. The van der Waals surface area contributed by atoms with Crippen LogP contribution < -0.4 is 5.32 Å². The summed E-state index contributed by atoms with van der Waals surface area (Å²) in [6.07, 6.45) is 6.14. The van der Waals surface area contributed by atoms with E-state index >= 15 is 0 Å². The van der Waals surface area contributed by atoms with Crippen molar-refractivity contribution >= 4 is 0 Å². The minimum Gasteiger partial charge on any atom is -0.385 e. The van der Waals surface area contributed by atoms with Crippen molar-refractivity contribution in [3.05, 3.63) is 18.2 Å². The molecule has 0 bridgehead atoms. The van der Waals surface area contributed by atoms with Crippen LogP contribution in [0.3, 0.4) is 0 Å². The van der Waals surface area contributed by atoms with Crippen LogP contribution in [0.5, 0.6) is 0 Å². The van der Waals surface area contributed by atoms with Gasteiger partial charge in [-0.3, -0.25) is 0 Å². The molecule has 1 fully saturated rings. The largest absolute Gasteiger partial charge is 0.385 e. The molecule has 96 valence electrons. The van der Waals surface area contributed by atoms with Gasteiger partial charge in [0, 0.05) is 33.4 Å². The topological polar surface area (TPSA) is 48.3 Å². The minimum atomic E-state index is 0.147. The molecule has 17 heavy (non-hydrogen) atoms. The normalized spacial score (nSPS) is 20.6. The predicted molar refractivity (Wildman–Crippen MR) is 64.9 cm³/mol. The third-order valence-corrected chi connectivity index (χ3v) is 3.00. The molecule has 2 rings (SSSR count). The van der Waals surface area contributed by atoms with Gasteiger partial charge in [0.25, 0.3) is 0 Å². The van der Waals surface area contributed by atoms with E-state index in [0.29, 0.717) is 0 Å². The fraction of sp³-hybridized carbons (Fsp3) is 0.750. The molecule has 2 heterocycles. The highest BCUT2D eigenvalue weighted by Gasteiger charge is 2.19. The van der Waals surface area contributed by atoms with Crippen molar-refractivity contribution in [3.63, 3.8) is 0 Å². The Labute approximate surface area is 102 Å². The van der Waals surface area contributed by atoms with Crippen molar-refractivity contribution in [2.45, 2.75) is 25.5 Å². The van der Waals surface area contributed by atoms with Gasteiger partial charge in [-0.2, -0.15) is 0 Å². The molecule has 0 aliphatic carbocycles. The van der Waals surface area contributed by atoms with E-state index in [4.69, 9.17) is 9.47 Å². The Morgan fingerprint density at radius 1 is 1.59 bits per heavy atom. The van der Waals surface area contributed by atoms with Crippen molar-refractivity contribution < 1.29 is 9.47 Å². The second-order valence-corrected chi connectivity index (χ2v) is 4.28. The Kier molecular flexibility index (Phi) is 4.97. The zero-order valence-electron chi connectivity index (χ0n) is 10.4. The van der Waals surface area contributed by atoms with Crippen LogP contribution >= 0.6 is 0 Å². The van der Waals surface area contributed by atoms with Crippen LogP contribution in [-0.2, 0) is 16.0 Å². The van der Waals surface area contributed by atoms with E-state index in [9.17, 15) is 0 Å². The first-order chi connectivity index (χ1) is 8.42. The molecule has 1 N–H and O–H groups in total. The number of hydrogen-bond donors (Lipinski definition) is 1. The lowest BCUT2D eigenvalue weighted by atomic mass is 10.2. The molecule has 1 aromatic rings. The molecule has 0 spiro atoms. The Hall–Kier alpha value is -0.910. The monoisotopic (exact) mass is 239 g/mol. The van der Waals surface area contributed by atoms with Gasteiger partial charge in [0.1, 0.15) is 6.10 Å². The van der Waals surface area contributed by atoms with Gasteiger partial charge in [0.2, 0.25) is 0 Å². The number of hydrogen-bond acceptors (Lipinski definition) is 4. The first kappa shape index (κ1) is 12.5. The lowest BCUT2D eigenvalue weighted by Crippen LogP contribution is -2.34. The van der Waals surface area contributed by atoms with Gasteiger partial charge in [-0.15, -0.1) is 0 Å². The van der Waals surface area contributed by atoms with Crippen molar-refractivity contribution in [1.82, 2.24) is 14.9 Å². The fourth-order valence-corrected chi connectivity index (χ4v) is 2.07. The second kappa shape index (κ2) is 6.74. The van der Waals surface area contributed by atoms with Crippen molar-refractivity contribution in [1.29, 1.82) is 0 Å². The summed E-state index contributed by atoms with van der Waals surface area (Å²) in [6, 6.07) is 0. The maximum absolute atomic E-state index is 5.74. The summed E-state index contributed by atoms with van der Waals surface area (Å²) in [4.78, 5) is 4.22. The number of nitrogens with zero attached hydrogens (tertiary/aromatic N) is 2. The highest BCUT2D eigenvalue weighted by molar-refractivity contribution is 5.04. The molecule has 0 amide bonds. The number of ether oxygens (including phenoxy) is 2. The summed E-state index contributed by atoms with van der Waals surface area (Å²) in [5.74, 6) is 0. The summed E-state index contributed by atoms with van der Waals surface area (Å²) >= 11 is 0. The quantitative estimate of drug-likeness (QED) is 0.752. The number of aryl methyl sites for hydroxylation is 1. The predicted octanol–water partition coefficient (Wildman–Crippen LogP) is 0.971. The molecule has 1 saturated heterocycles. The van der Waals surface area contributed by atoms with Crippen molar-refractivity contribution in [2.75, 3.05) is 33.4 Å². The van der Waals surface area contributed by atoms with Gasteiger partial charge in [0.15, 0.2) is 0 Å². The van der Waals surface area contributed by atoms with Crippen molar-refractivity contribution in [2.24, 2.45) is 0 Å². The zero-order chi connectivity index (χ0) is 11.9. The van der Waals surface area contributed by atoms with Gasteiger partial charge >= 0.3 is 0 Å². The van der Waals surface area contributed by atoms with E-state index < -0.39 is 0 Å². The third-order valence-electron chi connectivity index (χ3n) is 3.00. The maximum atomic E-state index is 5.74. The zero-order valence-corrected chi connectivity index (χ0v) is 10.4. The van der Waals surface area contributed by atoms with E-state index in [1.165, 1.54) is 5.69 Å². The van der Waals surface area contributed by atoms with Crippen LogP contribution in [0.15, 0.2) is 12.5 Å². The Morgan fingerprint density at radius 3 is 3.29 bits per heavy atom. The van der Waals surface area contributed by atoms with Gasteiger partial charge in [0.05, 0.1) is 24.8 Å². The molecule has 5 nitrogen and oxygen atoms in total. The average Bonchev–Trinajstić information content (AvgIpc) is 2.84. The van der Waals surface area contributed by atoms with Crippen LogP contribution in [0.1, 0.15) is 24.6 Å². The van der Waals surface area contributed by atoms with Gasteiger partial charge in [-0.05, 0) is 12.8 Å². The number of nitrogens with one attached hydrogen (secondary N) is 1. The van der Waals surface area contributed by atoms with E-state index in [-0.39, 0.29) is 6.10 Å². The van der Waals surface area contributed by atoms with Crippen LogP contribution in [0.25, 0.3) is 0 Å². The second-order valence-electron chi connectivity index (χ2n) is 4.28. The van der Waals surface area contributed by atoms with Crippen LogP contribution in [0, 0.1) is 0 Å². The van der Waals surface area contributed by atoms with E-state index in [2.05, 4.69) is 14.9 Å². The molecule has 1 aliphatic heterocycles. The molecule has 1 unspecified atom stereocenters. The lowest BCUT2D eigenvalue weighted by molar-refractivity contribution is 0.0227. The third kappa shape index (κ3) is 3.52. The number of unbranched alkanes of at least 4 members (excludes halogenated alkanes) is 1. The van der Waals surface area contributed by atoms with E-state index in [1.807, 2.05) is 12.5 Å². The molecule has 0 radical (unpaired) electrons. The Bertz CT molecular complexity index is 321. The first-order valence-corrected chi connectivity index (χ1v) is 6.23. The first-order valence-electron chi connectivity index (χ1n) is 6.23. The van der Waals surface area contributed by atoms with Gasteiger partial charge in [-0.25, -0.2) is 4.98 Å². The Balaban J connectivity index is 1.87. The standard InChI is InChI=1S/C12H21N3O2/c1-16-6-3-2-5-15-10-14-8-11(15)12-9-13-4-7-17-12/h8,10,12-13H,2-7,9H2,1H3. The summed E-state index contributed by atoms with van der Waals surface area (Å²) < 4.78 is 13.0. The molecule has 1 aromatic heterocycles. The highest BCUT2D eigenvalue weighted by Crippen LogP contribution is 2.18. The lowest BCUT2D eigenvalue weighted by Gasteiger charge is -2.24. The maximum Gasteiger partial charge on any atom is 0.111 e. The fourth-order valence-electron chi connectivity index (χ4n) is 2.07. The van der Waals surface area contributed by atoms with E-state index in [1.54, 1.807) is 7.11 Å². The van der Waals surface area contributed by atoms with Crippen LogP contribution in [-0.4, -0.2) is 43.0 Å². The number of imidazole rings is 1. The number of aromatic nitrogens is 2. The van der Waals surface area contributed by atoms with Gasteiger partial charge < -0.3 is 19.4 Å². The molecule has 5 heteroatoms. The molecule has 0 saturated carbocycles. The molecule has 1 atom stereocenters. The molecular formula is C12H21N3O2.